The lowest BCUT2D eigenvalue weighted by molar-refractivity contribution is -0.121. The summed E-state index contributed by atoms with van der Waals surface area (Å²) in [6.45, 7) is 19.6. The molecule has 0 bridgehead atoms. The first-order valence-electron chi connectivity index (χ1n) is 27.6. The number of aryl methyl sites for hydroxylation is 3. The number of pyridine rings is 3. The summed E-state index contributed by atoms with van der Waals surface area (Å²) in [6.07, 6.45) is 11.8. The molecule has 0 spiro atoms. The third kappa shape index (κ3) is 12.7. The molecule has 8 aromatic rings. The minimum Gasteiger partial charge on any atom is -0.385 e. The van der Waals surface area contributed by atoms with E-state index in [1.54, 1.807) is 26.0 Å². The number of hydrogen-bond acceptors (Lipinski definition) is 11. The molecule has 0 radical (unpaired) electrons. The van der Waals surface area contributed by atoms with Crippen molar-refractivity contribution in [3.63, 3.8) is 0 Å². The van der Waals surface area contributed by atoms with Crippen LogP contribution in [0.3, 0.4) is 0 Å². The number of nitrogens with one attached hydrogen (secondary N) is 3. The average Bonchev–Trinajstić information content (AvgIpc) is 4.07. The maximum Gasteiger partial charge on any atom is 0.229 e. The largest absolute Gasteiger partial charge is 0.385 e. The van der Waals surface area contributed by atoms with Crippen LogP contribution in [0.15, 0.2) is 85.1 Å². The van der Waals surface area contributed by atoms with Crippen molar-refractivity contribution in [2.45, 2.75) is 175 Å². The van der Waals surface area contributed by atoms with Crippen molar-refractivity contribution in [2.24, 2.45) is 5.41 Å². The highest BCUT2D eigenvalue weighted by molar-refractivity contribution is 6.30. The average molecular weight is 1130 g/mol. The molecule has 3 aliphatic rings. The van der Waals surface area contributed by atoms with Gasteiger partial charge in [0.2, 0.25) is 35.6 Å². The van der Waals surface area contributed by atoms with Crippen LogP contribution in [0.1, 0.15) is 159 Å². The van der Waals surface area contributed by atoms with Gasteiger partial charge in [-0.15, -0.1) is 0 Å². The van der Waals surface area contributed by atoms with Gasteiger partial charge in [-0.1, -0.05) is 104 Å². The fourth-order valence-electron chi connectivity index (χ4n) is 10.7. The summed E-state index contributed by atoms with van der Waals surface area (Å²) in [6, 6.07) is 24.5. The van der Waals surface area contributed by atoms with Crippen molar-refractivity contribution in [2.75, 3.05) is 16.0 Å². The van der Waals surface area contributed by atoms with Crippen LogP contribution in [0, 0.1) is 26.2 Å². The molecule has 11 rings (SSSR count). The molecule has 2 atom stereocenters. The molecule has 5 N–H and O–H groups in total. The van der Waals surface area contributed by atoms with E-state index in [1.807, 2.05) is 124 Å². The van der Waals surface area contributed by atoms with Crippen molar-refractivity contribution in [3.05, 3.63) is 123 Å². The van der Waals surface area contributed by atoms with Crippen LogP contribution in [-0.2, 0) is 36.7 Å². The van der Waals surface area contributed by atoms with E-state index in [0.29, 0.717) is 62.9 Å². The van der Waals surface area contributed by atoms with Crippen LogP contribution in [0.25, 0.3) is 33.5 Å². The molecule has 19 heteroatoms. The number of aliphatic hydroxyl groups is 2. The number of rotatable bonds is 13. The van der Waals surface area contributed by atoms with E-state index in [4.69, 9.17) is 23.2 Å². The summed E-state index contributed by atoms with van der Waals surface area (Å²) in [5.74, 6) is 0.946. The predicted molar refractivity (Wildman–Crippen MR) is 316 cm³/mol. The Morgan fingerprint density at radius 3 is 1.61 bits per heavy atom. The van der Waals surface area contributed by atoms with Crippen LogP contribution in [-0.4, -0.2) is 71.5 Å². The lowest BCUT2D eigenvalue weighted by atomic mass is 9.78. The molecule has 6 aromatic heterocycles. The Kier molecular flexibility index (Phi) is 16.4. The van der Waals surface area contributed by atoms with Crippen LogP contribution in [0.2, 0.25) is 10.3 Å². The molecule has 80 heavy (non-hydrogen) atoms. The Labute approximate surface area is 477 Å². The van der Waals surface area contributed by atoms with Crippen molar-refractivity contribution >= 4 is 92.3 Å². The molecule has 17 nitrogen and oxygen atoms in total. The van der Waals surface area contributed by atoms with E-state index in [0.717, 1.165) is 84.0 Å². The number of fused-ring (bicyclic) bond motifs is 3. The van der Waals surface area contributed by atoms with Gasteiger partial charge in [-0.3, -0.25) is 44.0 Å². The number of carbonyl (C=O) groups is 3. The lowest BCUT2D eigenvalue weighted by Gasteiger charge is -2.40. The smallest absolute Gasteiger partial charge is 0.229 e. The van der Waals surface area contributed by atoms with Crippen molar-refractivity contribution in [3.8, 4) is 0 Å². The van der Waals surface area contributed by atoms with E-state index in [-0.39, 0.29) is 47.1 Å². The van der Waals surface area contributed by atoms with Gasteiger partial charge < -0.3 is 10.2 Å². The van der Waals surface area contributed by atoms with E-state index in [1.165, 1.54) is 12.8 Å². The fourth-order valence-corrected chi connectivity index (χ4v) is 11.0. The summed E-state index contributed by atoms with van der Waals surface area (Å²) >= 11 is 12.3. The van der Waals surface area contributed by atoms with Crippen LogP contribution in [0.4, 0.5) is 17.8 Å². The molecule has 0 aliphatic heterocycles. The van der Waals surface area contributed by atoms with E-state index in [2.05, 4.69) is 64.3 Å². The lowest BCUT2D eigenvalue weighted by Crippen LogP contribution is -2.39. The number of amides is 3. The van der Waals surface area contributed by atoms with Crippen LogP contribution < -0.4 is 16.0 Å². The quantitative estimate of drug-likeness (QED) is 0.0684. The van der Waals surface area contributed by atoms with Gasteiger partial charge in [0, 0.05) is 29.7 Å². The summed E-state index contributed by atoms with van der Waals surface area (Å²) in [5, 5.41) is 31.3. The number of benzene rings is 2. The van der Waals surface area contributed by atoms with Crippen molar-refractivity contribution < 1.29 is 24.6 Å². The third-order valence-electron chi connectivity index (χ3n) is 15.8. The number of halogens is 2. The number of aromatic nitrogens is 9. The molecule has 422 valence electrons. The first-order valence-corrected chi connectivity index (χ1v) is 28.4. The van der Waals surface area contributed by atoms with Gasteiger partial charge in [0.25, 0.3) is 0 Å². The Morgan fingerprint density at radius 1 is 0.588 bits per heavy atom. The topological polar surface area (TPSA) is 220 Å². The van der Waals surface area contributed by atoms with Gasteiger partial charge in [0.15, 0.2) is 16.9 Å². The standard InChI is InChI=1S/C22H25ClN4O2.C21H24N4O2.C18H25ClN4O/c1-14-5-7-15(8-6-14)22(3,29)13-18(28)26-20-24-16-9-10-17(23)25-19(16)27(20)21(2)11-4-12-21;1-14-11-17-19(22-13-14)25(16-9-6-10-16)20(23-17)24-18(26)12-21(2,27)15-7-4-3-5-8-15;1-11-9-12-15(22-14(11)19)23(18(5)7-6-8-18)16(20-12)21-13(24)10-17(2,3)4/h5-10,29H,4,11-13H2,1-3H3,(H,24,26,28);3-5,7-8,11,13,16,27H,6,9-10,12H2,1-2H3,(H,23,24,26);9H,6-8,10H2,1-5H3,(H,20,21,24)/t22-;21-;/m00./s1. The molecule has 3 amide bonds. The van der Waals surface area contributed by atoms with E-state index < -0.39 is 11.2 Å². The molecule has 6 heterocycles. The molecule has 0 unspecified atom stereocenters. The second kappa shape index (κ2) is 22.6. The van der Waals surface area contributed by atoms with Crippen molar-refractivity contribution in [1.29, 1.82) is 0 Å². The molecular formula is C61H74Cl2N12O5. The maximum absolute atomic E-state index is 12.8. The summed E-state index contributed by atoms with van der Waals surface area (Å²) < 4.78 is 6.08. The van der Waals surface area contributed by atoms with Gasteiger partial charge in [0.1, 0.15) is 26.9 Å². The predicted octanol–water partition coefficient (Wildman–Crippen LogP) is 12.9. The van der Waals surface area contributed by atoms with Crippen molar-refractivity contribution in [1.82, 2.24) is 43.6 Å². The van der Waals surface area contributed by atoms with E-state index >= 15 is 0 Å². The van der Waals surface area contributed by atoms with Crippen LogP contribution >= 0.6 is 23.2 Å². The molecular weight excluding hydrogens is 1050 g/mol. The third-order valence-corrected chi connectivity index (χ3v) is 16.4. The normalized spacial score (nSPS) is 17.1. The zero-order valence-electron chi connectivity index (χ0n) is 47.5. The van der Waals surface area contributed by atoms with Crippen LogP contribution in [0.5, 0.6) is 0 Å². The Balaban J connectivity index is 0.000000146. The zero-order chi connectivity index (χ0) is 57.5. The zero-order valence-corrected chi connectivity index (χ0v) is 49.1. The van der Waals surface area contributed by atoms with Gasteiger partial charge in [-0.2, -0.15) is 0 Å². The molecule has 2 aromatic carbocycles. The first kappa shape index (κ1) is 57.9. The molecule has 3 fully saturated rings. The molecule has 3 aliphatic carbocycles. The highest BCUT2D eigenvalue weighted by atomic mass is 35.5. The minimum atomic E-state index is -1.28. The number of nitrogens with zero attached hydrogens (tertiary/aromatic N) is 9. The Morgan fingerprint density at radius 2 is 1.09 bits per heavy atom. The molecule has 3 saturated carbocycles. The summed E-state index contributed by atoms with van der Waals surface area (Å²) in [4.78, 5) is 65.3. The monoisotopic (exact) mass is 1120 g/mol. The highest BCUT2D eigenvalue weighted by Gasteiger charge is 2.40. The Bertz CT molecular complexity index is 3590. The number of imidazole rings is 3. The van der Waals surface area contributed by atoms with Gasteiger partial charge in [-0.25, -0.2) is 29.9 Å². The second-order valence-electron chi connectivity index (χ2n) is 24.4. The van der Waals surface area contributed by atoms with E-state index in [9.17, 15) is 24.6 Å². The summed E-state index contributed by atoms with van der Waals surface area (Å²) in [7, 11) is 0. The van der Waals surface area contributed by atoms with Gasteiger partial charge >= 0.3 is 0 Å². The second-order valence-corrected chi connectivity index (χ2v) is 25.2. The SMILES string of the molecule is Cc1cc2nc(NC(=O)CC(C)(C)C)n(C3(C)CCC3)c2nc1Cl.Cc1ccc([C@@](C)(O)CC(=O)Nc2nc3ccc(Cl)nc3n2C2(C)CCC2)cc1.Cc1cnc2c(c1)nc(NC(=O)C[C@](C)(O)c1ccccc1)n2C1CCC1. The van der Waals surface area contributed by atoms with Gasteiger partial charge in [-0.05, 0) is 158 Å². The molecule has 0 saturated heterocycles. The number of anilines is 3. The highest BCUT2D eigenvalue weighted by Crippen LogP contribution is 2.45. The van der Waals surface area contributed by atoms with Gasteiger partial charge in [0.05, 0.1) is 24.0 Å². The first-order chi connectivity index (χ1) is 37.7. The number of hydrogen-bond donors (Lipinski definition) is 5. The minimum absolute atomic E-state index is 0.0233. The summed E-state index contributed by atoms with van der Waals surface area (Å²) in [5.41, 5.74) is 6.08. The fraction of sp³-hybridized carbons (Fsp3) is 0.459. The maximum atomic E-state index is 12.8. The Hall–Kier alpha value is -6.79. The number of carbonyl (C=O) groups excluding carboxylic acids is 3.